The summed E-state index contributed by atoms with van der Waals surface area (Å²) in [6.45, 7) is 0.559. The van der Waals surface area contributed by atoms with Crippen molar-refractivity contribution in [2.24, 2.45) is 5.73 Å². The van der Waals surface area contributed by atoms with Gasteiger partial charge < -0.3 is 16.0 Å². The number of aromatic nitrogens is 1. The van der Waals surface area contributed by atoms with Crippen molar-refractivity contribution >= 4 is 11.8 Å². The highest BCUT2D eigenvalue weighted by Gasteiger charge is 2.38. The predicted molar refractivity (Wildman–Crippen MR) is 90.0 cm³/mol. The van der Waals surface area contributed by atoms with Crippen molar-refractivity contribution in [3.05, 3.63) is 65.5 Å². The van der Waals surface area contributed by atoms with E-state index in [0.29, 0.717) is 18.5 Å². The Balaban J connectivity index is 1.75. The van der Waals surface area contributed by atoms with Gasteiger partial charge in [0.25, 0.3) is 0 Å². The third-order valence-electron chi connectivity index (χ3n) is 4.39. The molecule has 3 N–H and O–H groups in total. The fourth-order valence-electron chi connectivity index (χ4n) is 3.14. The molecule has 1 saturated heterocycles. The molecule has 2 atom stereocenters. The SMILES string of the molecule is CN1C(=O)C[C@@H](NCc2cccc(C(N)=O)c2)[C@@H]1c1cccnc1. The molecule has 2 amide bonds. The smallest absolute Gasteiger partial charge is 0.248 e. The van der Waals surface area contributed by atoms with Gasteiger partial charge in [0, 0.05) is 44.0 Å². The maximum atomic E-state index is 12.1. The maximum Gasteiger partial charge on any atom is 0.248 e. The second-order valence-electron chi connectivity index (χ2n) is 5.99. The maximum absolute atomic E-state index is 12.1. The van der Waals surface area contributed by atoms with Gasteiger partial charge >= 0.3 is 0 Å². The van der Waals surface area contributed by atoms with Crippen LogP contribution >= 0.6 is 0 Å². The second-order valence-corrected chi connectivity index (χ2v) is 5.99. The largest absolute Gasteiger partial charge is 0.366 e. The Morgan fingerprint density at radius 2 is 2.21 bits per heavy atom. The number of pyridine rings is 1. The van der Waals surface area contributed by atoms with Crippen LogP contribution in [0.3, 0.4) is 0 Å². The van der Waals surface area contributed by atoms with Crippen LogP contribution in [0.1, 0.15) is 33.9 Å². The van der Waals surface area contributed by atoms with E-state index < -0.39 is 5.91 Å². The summed E-state index contributed by atoms with van der Waals surface area (Å²) >= 11 is 0. The molecule has 2 heterocycles. The summed E-state index contributed by atoms with van der Waals surface area (Å²) in [5.74, 6) is -0.340. The number of benzene rings is 1. The van der Waals surface area contributed by atoms with E-state index in [0.717, 1.165) is 11.1 Å². The van der Waals surface area contributed by atoms with E-state index in [4.69, 9.17) is 5.73 Å². The van der Waals surface area contributed by atoms with E-state index in [1.54, 1.807) is 29.4 Å². The van der Waals surface area contributed by atoms with E-state index in [-0.39, 0.29) is 18.0 Å². The van der Waals surface area contributed by atoms with Crippen LogP contribution in [0.4, 0.5) is 0 Å². The fraction of sp³-hybridized carbons (Fsp3) is 0.278. The normalized spacial score (nSPS) is 20.4. The number of nitrogens with one attached hydrogen (secondary N) is 1. The molecule has 0 spiro atoms. The van der Waals surface area contributed by atoms with Crippen LogP contribution < -0.4 is 11.1 Å². The fourth-order valence-corrected chi connectivity index (χ4v) is 3.14. The number of carbonyl (C=O) groups is 2. The average molecular weight is 324 g/mol. The zero-order chi connectivity index (χ0) is 17.1. The highest BCUT2D eigenvalue weighted by Crippen LogP contribution is 2.31. The van der Waals surface area contributed by atoms with Crippen LogP contribution in [0.2, 0.25) is 0 Å². The van der Waals surface area contributed by atoms with Gasteiger partial charge in [-0.15, -0.1) is 0 Å². The Bertz CT molecular complexity index is 748. The Morgan fingerprint density at radius 1 is 1.38 bits per heavy atom. The van der Waals surface area contributed by atoms with E-state index in [2.05, 4.69) is 10.3 Å². The minimum absolute atomic E-state index is 0.0102. The molecular formula is C18H20N4O2. The molecule has 1 fully saturated rings. The number of likely N-dealkylation sites (tertiary alicyclic amines) is 1. The summed E-state index contributed by atoms with van der Waals surface area (Å²) in [5, 5.41) is 3.43. The molecule has 1 aromatic carbocycles. The molecule has 0 radical (unpaired) electrons. The van der Waals surface area contributed by atoms with Crippen molar-refractivity contribution in [3.63, 3.8) is 0 Å². The first-order valence-corrected chi connectivity index (χ1v) is 7.84. The summed E-state index contributed by atoms with van der Waals surface area (Å²) in [7, 11) is 1.81. The summed E-state index contributed by atoms with van der Waals surface area (Å²) in [5.41, 5.74) is 7.77. The molecule has 1 aliphatic rings. The molecule has 0 unspecified atom stereocenters. The van der Waals surface area contributed by atoms with Gasteiger partial charge in [0.15, 0.2) is 0 Å². The van der Waals surface area contributed by atoms with Gasteiger partial charge in [0.05, 0.1) is 6.04 Å². The lowest BCUT2D eigenvalue weighted by atomic mass is 10.0. The highest BCUT2D eigenvalue weighted by molar-refractivity contribution is 5.92. The molecule has 124 valence electrons. The molecular weight excluding hydrogens is 304 g/mol. The predicted octanol–water partition coefficient (Wildman–Crippen LogP) is 1.24. The number of likely N-dealkylation sites (N-methyl/N-ethyl adjacent to an activating group) is 1. The van der Waals surface area contributed by atoms with Crippen LogP contribution in [-0.4, -0.2) is 34.8 Å². The molecule has 0 bridgehead atoms. The standard InChI is InChI=1S/C18H20N4O2/c1-22-16(23)9-15(17(22)14-6-3-7-20-11-14)21-10-12-4-2-5-13(8-12)18(19)24/h2-8,11,15,17,21H,9-10H2,1H3,(H2,19,24)/t15-,17+/m1/s1. The molecule has 1 aromatic heterocycles. The summed E-state index contributed by atoms with van der Waals surface area (Å²) in [4.78, 5) is 29.3. The molecule has 0 saturated carbocycles. The van der Waals surface area contributed by atoms with Gasteiger partial charge in [-0.1, -0.05) is 18.2 Å². The van der Waals surface area contributed by atoms with Crippen molar-refractivity contribution in [2.75, 3.05) is 7.05 Å². The number of primary amides is 1. The summed E-state index contributed by atoms with van der Waals surface area (Å²) in [6, 6.07) is 11.0. The Hall–Kier alpha value is -2.73. The monoisotopic (exact) mass is 324 g/mol. The van der Waals surface area contributed by atoms with E-state index in [9.17, 15) is 9.59 Å². The van der Waals surface area contributed by atoms with Gasteiger partial charge in [-0.3, -0.25) is 14.6 Å². The van der Waals surface area contributed by atoms with Crippen molar-refractivity contribution in [1.82, 2.24) is 15.2 Å². The van der Waals surface area contributed by atoms with E-state index in [1.807, 2.05) is 31.3 Å². The van der Waals surface area contributed by atoms with Crippen LogP contribution in [0.5, 0.6) is 0 Å². The minimum Gasteiger partial charge on any atom is -0.366 e. The zero-order valence-electron chi connectivity index (χ0n) is 13.5. The number of amides is 2. The van der Waals surface area contributed by atoms with Crippen molar-refractivity contribution in [3.8, 4) is 0 Å². The van der Waals surface area contributed by atoms with E-state index in [1.165, 1.54) is 0 Å². The molecule has 1 aliphatic heterocycles. The quantitative estimate of drug-likeness (QED) is 0.866. The molecule has 0 aliphatic carbocycles. The van der Waals surface area contributed by atoms with Gasteiger partial charge in [-0.25, -0.2) is 0 Å². The minimum atomic E-state index is -0.444. The number of nitrogens with zero attached hydrogens (tertiary/aromatic N) is 2. The third-order valence-corrected chi connectivity index (χ3v) is 4.39. The molecule has 3 rings (SSSR count). The number of hydrogen-bond donors (Lipinski definition) is 2. The molecule has 24 heavy (non-hydrogen) atoms. The number of nitrogens with two attached hydrogens (primary N) is 1. The zero-order valence-corrected chi connectivity index (χ0v) is 13.5. The van der Waals surface area contributed by atoms with Crippen LogP contribution in [-0.2, 0) is 11.3 Å². The summed E-state index contributed by atoms with van der Waals surface area (Å²) in [6.07, 6.45) is 3.95. The first-order chi connectivity index (χ1) is 11.6. The lowest BCUT2D eigenvalue weighted by Crippen LogP contribution is -2.34. The first-order valence-electron chi connectivity index (χ1n) is 7.84. The van der Waals surface area contributed by atoms with Gasteiger partial charge in [-0.05, 0) is 29.3 Å². The van der Waals surface area contributed by atoms with E-state index >= 15 is 0 Å². The number of carbonyl (C=O) groups excluding carboxylic acids is 2. The number of rotatable bonds is 5. The van der Waals surface area contributed by atoms with Crippen molar-refractivity contribution in [1.29, 1.82) is 0 Å². The average Bonchev–Trinajstić information content (AvgIpc) is 2.88. The highest BCUT2D eigenvalue weighted by atomic mass is 16.2. The first kappa shape index (κ1) is 16.1. The van der Waals surface area contributed by atoms with Crippen LogP contribution in [0, 0.1) is 0 Å². The molecule has 6 nitrogen and oxygen atoms in total. The number of hydrogen-bond acceptors (Lipinski definition) is 4. The topological polar surface area (TPSA) is 88.3 Å². The van der Waals surface area contributed by atoms with Crippen molar-refractivity contribution < 1.29 is 9.59 Å². The third kappa shape index (κ3) is 3.28. The Kier molecular flexibility index (Phi) is 4.57. The van der Waals surface area contributed by atoms with Crippen LogP contribution in [0.25, 0.3) is 0 Å². The molecule has 6 heteroatoms. The lowest BCUT2D eigenvalue weighted by Gasteiger charge is -2.25. The van der Waals surface area contributed by atoms with Crippen LogP contribution in [0.15, 0.2) is 48.8 Å². The Morgan fingerprint density at radius 3 is 2.92 bits per heavy atom. The summed E-state index contributed by atoms with van der Waals surface area (Å²) < 4.78 is 0. The molecule has 2 aromatic rings. The van der Waals surface area contributed by atoms with Gasteiger partial charge in [0.2, 0.25) is 11.8 Å². The van der Waals surface area contributed by atoms with Gasteiger partial charge in [-0.2, -0.15) is 0 Å². The lowest BCUT2D eigenvalue weighted by molar-refractivity contribution is -0.127. The Labute approximate surface area is 140 Å². The van der Waals surface area contributed by atoms with Crippen molar-refractivity contribution in [2.45, 2.75) is 25.0 Å². The van der Waals surface area contributed by atoms with Gasteiger partial charge in [0.1, 0.15) is 0 Å². The second kappa shape index (κ2) is 6.80.